The number of carbonyl (C=O) groups is 1. The van der Waals surface area contributed by atoms with Crippen LogP contribution in [0, 0.1) is 5.92 Å². The van der Waals surface area contributed by atoms with Gasteiger partial charge >= 0.3 is 5.97 Å². The summed E-state index contributed by atoms with van der Waals surface area (Å²) in [7, 11) is 0. The van der Waals surface area contributed by atoms with Crippen molar-refractivity contribution in [3.05, 3.63) is 58.7 Å². The average Bonchev–Trinajstić information content (AvgIpc) is 2.54. The zero-order valence-corrected chi connectivity index (χ0v) is 11.6. The molecule has 0 aliphatic heterocycles. The van der Waals surface area contributed by atoms with Crippen molar-refractivity contribution in [2.24, 2.45) is 5.92 Å². The van der Waals surface area contributed by atoms with Gasteiger partial charge in [0.05, 0.1) is 6.61 Å². The van der Waals surface area contributed by atoms with Gasteiger partial charge in [-0.05, 0) is 37.3 Å². The van der Waals surface area contributed by atoms with Gasteiger partial charge < -0.3 is 4.74 Å². The first-order valence-corrected chi connectivity index (χ1v) is 7.04. The molecule has 1 aliphatic carbocycles. The molecular formula is C16H16N2O3. The van der Waals surface area contributed by atoms with Crippen LogP contribution in [0.2, 0.25) is 0 Å². The molecule has 1 atom stereocenters. The molecule has 3 rings (SSSR count). The van der Waals surface area contributed by atoms with Crippen LogP contribution in [0.5, 0.6) is 0 Å². The third kappa shape index (κ3) is 2.86. The number of nitrogens with zero attached hydrogens (tertiary/aromatic N) is 2. The second-order valence-electron chi connectivity index (χ2n) is 5.15. The molecule has 0 radical (unpaired) electrons. The van der Waals surface area contributed by atoms with Crippen molar-refractivity contribution in [3.63, 3.8) is 0 Å². The van der Waals surface area contributed by atoms with Crippen LogP contribution < -0.4 is 5.56 Å². The van der Waals surface area contributed by atoms with E-state index in [1.807, 2.05) is 0 Å². The molecule has 0 N–H and O–H groups in total. The van der Waals surface area contributed by atoms with E-state index in [0.717, 1.165) is 19.3 Å². The Morgan fingerprint density at radius 1 is 1.38 bits per heavy atom. The minimum atomic E-state index is -0.597. The second-order valence-corrected chi connectivity index (χ2v) is 5.15. The highest BCUT2D eigenvalue weighted by Crippen LogP contribution is 2.18. The third-order valence-corrected chi connectivity index (χ3v) is 3.66. The lowest BCUT2D eigenvalue weighted by atomic mass is 9.95. The molecule has 2 aromatic rings. The number of ether oxygens (including phenoxy) is 1. The minimum absolute atomic E-state index is 0.0231. The maximum atomic E-state index is 12.2. The Morgan fingerprint density at radius 2 is 2.29 bits per heavy atom. The summed E-state index contributed by atoms with van der Waals surface area (Å²) in [6.07, 6.45) is 10.1. The van der Waals surface area contributed by atoms with Crippen LogP contribution in [0.25, 0.3) is 5.65 Å². The van der Waals surface area contributed by atoms with Gasteiger partial charge in [0.1, 0.15) is 11.2 Å². The van der Waals surface area contributed by atoms with E-state index in [1.54, 1.807) is 24.4 Å². The summed E-state index contributed by atoms with van der Waals surface area (Å²) in [4.78, 5) is 28.4. The summed E-state index contributed by atoms with van der Waals surface area (Å²) < 4.78 is 6.62. The number of carbonyl (C=O) groups excluding carboxylic acids is 1. The van der Waals surface area contributed by atoms with Gasteiger partial charge in [-0.1, -0.05) is 18.2 Å². The number of hydrogen-bond acceptors (Lipinski definition) is 4. The maximum absolute atomic E-state index is 12.2. The molecular weight excluding hydrogens is 268 g/mol. The van der Waals surface area contributed by atoms with Crippen molar-refractivity contribution < 1.29 is 9.53 Å². The van der Waals surface area contributed by atoms with Gasteiger partial charge in [0.25, 0.3) is 5.56 Å². The van der Waals surface area contributed by atoms with E-state index >= 15 is 0 Å². The summed E-state index contributed by atoms with van der Waals surface area (Å²) in [5, 5.41) is 0. The fourth-order valence-corrected chi connectivity index (χ4v) is 2.45. The van der Waals surface area contributed by atoms with Gasteiger partial charge in [-0.15, -0.1) is 0 Å². The number of aromatic nitrogens is 2. The van der Waals surface area contributed by atoms with Crippen molar-refractivity contribution in [1.82, 2.24) is 9.38 Å². The van der Waals surface area contributed by atoms with Crippen molar-refractivity contribution in [2.45, 2.75) is 19.3 Å². The molecule has 0 aromatic carbocycles. The SMILES string of the molecule is O=C(OCC1CC=CCC1)c1cnc2ccccn2c1=O. The van der Waals surface area contributed by atoms with Crippen molar-refractivity contribution in [1.29, 1.82) is 0 Å². The molecule has 0 bridgehead atoms. The number of esters is 1. The Labute approximate surface area is 121 Å². The standard InChI is InChI=1S/C16H16N2O3/c19-15-13(10-17-14-8-4-5-9-18(14)15)16(20)21-11-12-6-2-1-3-7-12/h1-2,4-5,8-10,12H,3,6-7,11H2. The Bertz CT molecular complexity index is 749. The third-order valence-electron chi connectivity index (χ3n) is 3.66. The van der Waals surface area contributed by atoms with E-state index in [2.05, 4.69) is 17.1 Å². The predicted octanol–water partition coefficient (Wildman–Crippen LogP) is 2.21. The molecule has 5 nitrogen and oxygen atoms in total. The normalized spacial score (nSPS) is 17.8. The van der Waals surface area contributed by atoms with Gasteiger partial charge in [-0.25, -0.2) is 9.78 Å². The monoisotopic (exact) mass is 284 g/mol. The molecule has 0 saturated heterocycles. The number of hydrogen-bond donors (Lipinski definition) is 0. The number of fused-ring (bicyclic) bond motifs is 1. The first-order chi connectivity index (χ1) is 10.3. The first-order valence-electron chi connectivity index (χ1n) is 7.04. The first kappa shape index (κ1) is 13.5. The molecule has 1 unspecified atom stereocenters. The summed E-state index contributed by atoms with van der Waals surface area (Å²) >= 11 is 0. The summed E-state index contributed by atoms with van der Waals surface area (Å²) in [6, 6.07) is 5.22. The van der Waals surface area contributed by atoms with E-state index in [-0.39, 0.29) is 5.56 Å². The molecule has 1 aliphatic rings. The van der Waals surface area contributed by atoms with Crippen LogP contribution in [0.3, 0.4) is 0 Å². The highest BCUT2D eigenvalue weighted by molar-refractivity contribution is 5.88. The van der Waals surface area contributed by atoms with E-state index in [0.29, 0.717) is 18.2 Å². The Kier molecular flexibility index (Phi) is 3.81. The van der Waals surface area contributed by atoms with E-state index in [1.165, 1.54) is 10.6 Å². The van der Waals surface area contributed by atoms with Crippen molar-refractivity contribution in [2.75, 3.05) is 6.61 Å². The molecule has 0 spiro atoms. The number of allylic oxidation sites excluding steroid dienone is 2. The van der Waals surface area contributed by atoms with Gasteiger partial charge in [-0.3, -0.25) is 9.20 Å². The van der Waals surface area contributed by atoms with E-state index in [4.69, 9.17) is 4.74 Å². The maximum Gasteiger partial charge on any atom is 0.345 e. The number of rotatable bonds is 3. The zero-order chi connectivity index (χ0) is 14.7. The fraction of sp³-hybridized carbons (Fsp3) is 0.312. The highest BCUT2D eigenvalue weighted by atomic mass is 16.5. The molecule has 21 heavy (non-hydrogen) atoms. The molecule has 0 saturated carbocycles. The Balaban J connectivity index is 1.77. The minimum Gasteiger partial charge on any atom is -0.462 e. The van der Waals surface area contributed by atoms with E-state index < -0.39 is 11.5 Å². The Hall–Kier alpha value is -2.43. The van der Waals surface area contributed by atoms with Crippen molar-refractivity contribution >= 4 is 11.6 Å². The predicted molar refractivity (Wildman–Crippen MR) is 78.2 cm³/mol. The Morgan fingerprint density at radius 3 is 3.10 bits per heavy atom. The second kappa shape index (κ2) is 5.91. The quantitative estimate of drug-likeness (QED) is 0.640. The van der Waals surface area contributed by atoms with Gasteiger partial charge in [0.15, 0.2) is 0 Å². The molecule has 0 fully saturated rings. The molecule has 108 valence electrons. The summed E-state index contributed by atoms with van der Waals surface area (Å²) in [6.45, 7) is 0.347. The highest BCUT2D eigenvalue weighted by Gasteiger charge is 2.17. The lowest BCUT2D eigenvalue weighted by Crippen LogP contribution is -2.25. The van der Waals surface area contributed by atoms with Gasteiger partial charge in [0.2, 0.25) is 0 Å². The number of pyridine rings is 1. The van der Waals surface area contributed by atoms with Crippen LogP contribution in [-0.2, 0) is 4.74 Å². The van der Waals surface area contributed by atoms with Gasteiger partial charge in [0, 0.05) is 12.4 Å². The fourth-order valence-electron chi connectivity index (χ4n) is 2.45. The molecule has 2 heterocycles. The van der Waals surface area contributed by atoms with Crippen LogP contribution in [0.1, 0.15) is 29.6 Å². The molecule has 5 heteroatoms. The van der Waals surface area contributed by atoms with Crippen molar-refractivity contribution in [3.8, 4) is 0 Å². The lowest BCUT2D eigenvalue weighted by Gasteiger charge is -2.17. The topological polar surface area (TPSA) is 60.7 Å². The largest absolute Gasteiger partial charge is 0.462 e. The summed E-state index contributed by atoms with van der Waals surface area (Å²) in [5.74, 6) is -0.254. The summed E-state index contributed by atoms with van der Waals surface area (Å²) in [5.41, 5.74) is 0.0932. The van der Waals surface area contributed by atoms with Crippen LogP contribution >= 0.6 is 0 Å². The zero-order valence-electron chi connectivity index (χ0n) is 11.6. The smallest absolute Gasteiger partial charge is 0.345 e. The lowest BCUT2D eigenvalue weighted by molar-refractivity contribution is 0.0429. The average molecular weight is 284 g/mol. The molecule has 2 aromatic heterocycles. The van der Waals surface area contributed by atoms with Crippen LogP contribution in [0.4, 0.5) is 0 Å². The van der Waals surface area contributed by atoms with Crippen LogP contribution in [0.15, 0.2) is 47.5 Å². The van der Waals surface area contributed by atoms with E-state index in [9.17, 15) is 9.59 Å². The van der Waals surface area contributed by atoms with Crippen LogP contribution in [-0.4, -0.2) is 22.0 Å². The molecule has 0 amide bonds. The van der Waals surface area contributed by atoms with Gasteiger partial charge in [-0.2, -0.15) is 0 Å².